The van der Waals surface area contributed by atoms with Crippen molar-refractivity contribution in [2.24, 2.45) is 38.7 Å². The van der Waals surface area contributed by atoms with Gasteiger partial charge >= 0.3 is 5.97 Å². The highest BCUT2D eigenvalue weighted by molar-refractivity contribution is 5.95. The van der Waals surface area contributed by atoms with E-state index in [1.54, 1.807) is 0 Å². The highest BCUT2D eigenvalue weighted by Crippen LogP contribution is 2.14. The second-order valence-electron chi connectivity index (χ2n) is 15.0. The minimum absolute atomic E-state index is 0.109. The first-order chi connectivity index (χ1) is 28.2. The maximum Gasteiger partial charge on any atom is 0.303 e. The molecule has 0 fully saturated rings. The van der Waals surface area contributed by atoms with Crippen LogP contribution in [0.2, 0.25) is 0 Å². The average molecular weight is 839 g/mol. The first-order valence-corrected chi connectivity index (χ1v) is 21.7. The molecule has 59 heavy (non-hydrogen) atoms. The number of aliphatic carboxylic acids is 1. The van der Waals surface area contributed by atoms with Crippen LogP contribution in [0.5, 0.6) is 0 Å². The van der Waals surface area contributed by atoms with Gasteiger partial charge < -0.3 is 60.4 Å². The number of carbonyl (C=O) groups excluding carboxylic acids is 5. The minimum Gasteiger partial charge on any atom is -0.481 e. The largest absolute Gasteiger partial charge is 0.481 e. The second kappa shape index (κ2) is 35.3. The van der Waals surface area contributed by atoms with E-state index in [4.69, 9.17) is 28.7 Å². The summed E-state index contributed by atoms with van der Waals surface area (Å²) in [6, 6.07) is -4.58. The molecule has 0 saturated heterocycles. The fourth-order valence-electron chi connectivity index (χ4n) is 6.40. The zero-order chi connectivity index (χ0) is 44.3. The molecule has 5 amide bonds. The molecule has 0 heterocycles. The monoisotopic (exact) mass is 839 g/mol. The molecule has 4 atom stereocenters. The molecular weight excluding hydrogens is 761 g/mol. The molecule has 0 saturated carbocycles. The second-order valence-corrected chi connectivity index (χ2v) is 15.0. The summed E-state index contributed by atoms with van der Waals surface area (Å²) in [5, 5.41) is 22.6. The van der Waals surface area contributed by atoms with Crippen LogP contribution in [0.4, 0.5) is 0 Å². The van der Waals surface area contributed by atoms with Crippen LogP contribution in [0.25, 0.3) is 0 Å². The summed E-state index contributed by atoms with van der Waals surface area (Å²) in [6.45, 7) is 2.97. The number of amides is 5. The molecule has 340 valence electrons. The molecule has 0 bridgehead atoms. The Morgan fingerprint density at radius 3 is 1.29 bits per heavy atom. The summed E-state index contributed by atoms with van der Waals surface area (Å²) in [4.78, 5) is 86.1. The predicted molar refractivity (Wildman–Crippen MR) is 232 cm³/mol. The summed E-state index contributed by atoms with van der Waals surface area (Å²) < 4.78 is 0. The van der Waals surface area contributed by atoms with Crippen LogP contribution in [0.3, 0.4) is 0 Å². The van der Waals surface area contributed by atoms with Crippen LogP contribution < -0.4 is 55.3 Å². The molecule has 0 spiro atoms. The number of rotatable bonds is 37. The van der Waals surface area contributed by atoms with Crippen LogP contribution in [0, 0.1) is 0 Å². The lowest BCUT2D eigenvalue weighted by atomic mass is 10.0. The normalized spacial score (nSPS) is 12.9. The first-order valence-electron chi connectivity index (χ1n) is 21.7. The lowest BCUT2D eigenvalue weighted by molar-refractivity contribution is -0.138. The van der Waals surface area contributed by atoms with Gasteiger partial charge in [0.15, 0.2) is 11.9 Å². The van der Waals surface area contributed by atoms with Crippen molar-refractivity contribution in [2.75, 3.05) is 26.7 Å². The molecule has 19 nitrogen and oxygen atoms in total. The van der Waals surface area contributed by atoms with Gasteiger partial charge in [-0.05, 0) is 64.3 Å². The van der Waals surface area contributed by atoms with Crippen molar-refractivity contribution in [3.05, 3.63) is 0 Å². The quantitative estimate of drug-likeness (QED) is 0.0239. The van der Waals surface area contributed by atoms with Crippen molar-refractivity contribution in [3.8, 4) is 0 Å². The van der Waals surface area contributed by atoms with E-state index in [2.05, 4.69) is 43.5 Å². The number of likely N-dealkylation sites (N-methyl/N-ethyl adjacent to an activating group) is 1. The van der Waals surface area contributed by atoms with E-state index in [-0.39, 0.29) is 63.0 Å². The van der Waals surface area contributed by atoms with E-state index >= 15 is 0 Å². The van der Waals surface area contributed by atoms with E-state index in [1.165, 1.54) is 64.8 Å². The van der Waals surface area contributed by atoms with Gasteiger partial charge in [-0.25, -0.2) is 0 Å². The Morgan fingerprint density at radius 2 is 0.881 bits per heavy atom. The molecule has 0 aromatic carbocycles. The van der Waals surface area contributed by atoms with Gasteiger partial charge in [0.2, 0.25) is 29.5 Å². The third kappa shape index (κ3) is 30.1. The van der Waals surface area contributed by atoms with Crippen molar-refractivity contribution < 1.29 is 33.9 Å². The number of nitrogens with one attached hydrogen (secondary N) is 5. The maximum atomic E-state index is 13.7. The van der Waals surface area contributed by atoms with E-state index in [1.807, 2.05) is 0 Å². The average Bonchev–Trinajstić information content (AvgIpc) is 3.19. The number of guanidine groups is 2. The Bertz CT molecular complexity index is 1280. The van der Waals surface area contributed by atoms with Crippen LogP contribution >= 0.6 is 0 Å². The molecule has 16 N–H and O–H groups in total. The number of aliphatic imine (C=N–C) groups is 2. The highest BCUT2D eigenvalue weighted by atomic mass is 16.4. The number of carboxylic acid groups (broad SMARTS) is 1. The third-order valence-corrected chi connectivity index (χ3v) is 9.79. The molecular formula is C40H78N12O7. The number of nitrogens with zero attached hydrogens (tertiary/aromatic N) is 2. The molecule has 0 aromatic heterocycles. The van der Waals surface area contributed by atoms with Gasteiger partial charge in [0, 0.05) is 33.0 Å². The number of hydrogen-bond donors (Lipinski definition) is 11. The van der Waals surface area contributed by atoms with Crippen molar-refractivity contribution in [1.82, 2.24) is 26.6 Å². The molecule has 0 unspecified atom stereocenters. The van der Waals surface area contributed by atoms with Gasteiger partial charge in [0.1, 0.15) is 24.2 Å². The number of carboxylic acids is 1. The topological polar surface area (TPSA) is 338 Å². The van der Waals surface area contributed by atoms with Gasteiger partial charge in [-0.1, -0.05) is 84.0 Å². The summed E-state index contributed by atoms with van der Waals surface area (Å²) in [6.07, 6.45) is 16.7. The van der Waals surface area contributed by atoms with Crippen LogP contribution in [0.1, 0.15) is 155 Å². The van der Waals surface area contributed by atoms with Crippen molar-refractivity contribution in [1.29, 1.82) is 0 Å². The number of carbonyl (C=O) groups is 6. The van der Waals surface area contributed by atoms with Gasteiger partial charge in [0.25, 0.3) is 0 Å². The predicted octanol–water partition coefficient (Wildman–Crippen LogP) is 1.25. The van der Waals surface area contributed by atoms with E-state index < -0.39 is 60.2 Å². The zero-order valence-electron chi connectivity index (χ0n) is 35.9. The fourth-order valence-corrected chi connectivity index (χ4v) is 6.40. The van der Waals surface area contributed by atoms with Crippen molar-refractivity contribution in [3.63, 3.8) is 0 Å². The van der Waals surface area contributed by atoms with Crippen LogP contribution in [-0.4, -0.2) is 103 Å². The Hall–Kier alpha value is -4.68. The molecule has 0 aliphatic rings. The van der Waals surface area contributed by atoms with Crippen LogP contribution in [0.15, 0.2) is 9.98 Å². The number of unbranched alkanes of at least 4 members (excludes halogenated alkanes) is 13. The molecule has 0 rings (SSSR count). The Balaban J connectivity index is 5.67. The standard InChI is InChI=1S/C40H78N12O7/c1-3-4-5-6-7-8-9-10-11-12-13-14-15-23-33(53)49-30(22-19-28-48-40(44)45)36(57)52-32(24-25-34(54)55)38(59)51-31(20-16-17-26-41)37(58)50-29(35(56)46-2)21-18-27-47-39(42)43/h29-32H,3-28,41H2,1-2H3,(H,46,56)(H,49,53)(H,50,58)(H,51,59)(H,52,57)(H,54,55)(H4,42,43,47)(H4,44,45,48)/t29-,30-,31-,32-/m0/s1. The van der Waals surface area contributed by atoms with Gasteiger partial charge in [-0.2, -0.15) is 0 Å². The molecule has 0 aliphatic heterocycles. The van der Waals surface area contributed by atoms with E-state index in [0.29, 0.717) is 38.6 Å². The zero-order valence-corrected chi connectivity index (χ0v) is 35.9. The van der Waals surface area contributed by atoms with E-state index in [0.717, 1.165) is 19.3 Å². The fraction of sp³-hybridized carbons (Fsp3) is 0.800. The summed E-state index contributed by atoms with van der Waals surface area (Å²) in [5.74, 6) is -4.41. The molecule has 19 heteroatoms. The van der Waals surface area contributed by atoms with Crippen molar-refractivity contribution in [2.45, 2.75) is 179 Å². The smallest absolute Gasteiger partial charge is 0.303 e. The summed E-state index contributed by atoms with van der Waals surface area (Å²) >= 11 is 0. The molecule has 0 aliphatic carbocycles. The third-order valence-electron chi connectivity index (χ3n) is 9.79. The van der Waals surface area contributed by atoms with Gasteiger partial charge in [-0.15, -0.1) is 0 Å². The number of nitrogens with two attached hydrogens (primary N) is 5. The number of hydrogen-bond acceptors (Lipinski definition) is 9. The Morgan fingerprint density at radius 1 is 0.492 bits per heavy atom. The minimum atomic E-state index is -1.38. The SMILES string of the molecule is CCCCCCCCCCCCCCCC(=O)N[C@@H](CCCN=C(N)N)C(=O)N[C@@H](CCC(=O)O)C(=O)N[C@@H](CCCCN)C(=O)N[C@@H](CCCN=C(N)N)C(=O)NC. The van der Waals surface area contributed by atoms with Gasteiger partial charge in [0.05, 0.1) is 0 Å². The molecule has 0 aromatic rings. The summed E-state index contributed by atoms with van der Waals surface area (Å²) in [5.41, 5.74) is 27.3. The van der Waals surface area contributed by atoms with Crippen LogP contribution in [-0.2, 0) is 28.8 Å². The maximum absolute atomic E-state index is 13.7. The van der Waals surface area contributed by atoms with E-state index in [9.17, 15) is 33.9 Å². The van der Waals surface area contributed by atoms with Gasteiger partial charge in [-0.3, -0.25) is 38.8 Å². The van der Waals surface area contributed by atoms with Crippen molar-refractivity contribution >= 4 is 47.4 Å². The molecule has 0 radical (unpaired) electrons. The lowest BCUT2D eigenvalue weighted by Crippen LogP contribution is -2.58. The summed E-state index contributed by atoms with van der Waals surface area (Å²) in [7, 11) is 1.42. The first kappa shape index (κ1) is 54.3. The lowest BCUT2D eigenvalue weighted by Gasteiger charge is -2.26. The Kier molecular flexibility index (Phi) is 32.5. The Labute approximate surface area is 351 Å². The highest BCUT2D eigenvalue weighted by Gasteiger charge is 2.31.